The molecule has 2 aromatic carbocycles. The van der Waals surface area contributed by atoms with Gasteiger partial charge in [0.1, 0.15) is 12.6 Å². The van der Waals surface area contributed by atoms with Crippen molar-refractivity contribution >= 4 is 39.1 Å². The Bertz CT molecular complexity index is 1030. The lowest BCUT2D eigenvalue weighted by Gasteiger charge is -2.33. The second kappa shape index (κ2) is 12.0. The summed E-state index contributed by atoms with van der Waals surface area (Å²) in [5.74, 6) is -0.731. The van der Waals surface area contributed by atoms with E-state index in [9.17, 15) is 18.0 Å². The quantitative estimate of drug-likeness (QED) is 0.515. The Kier molecular flexibility index (Phi) is 9.73. The number of amides is 2. The number of carbonyl (C=O) groups is 2. The Balaban J connectivity index is 2.40. The number of hydrogen-bond acceptors (Lipinski definition) is 4. The zero-order chi connectivity index (χ0) is 24.6. The summed E-state index contributed by atoms with van der Waals surface area (Å²) in [6, 6.07) is 14.6. The first kappa shape index (κ1) is 26.7. The van der Waals surface area contributed by atoms with Gasteiger partial charge in [0.2, 0.25) is 21.8 Å². The average molecular weight is 494 g/mol. The Labute approximate surface area is 201 Å². The van der Waals surface area contributed by atoms with Gasteiger partial charge in [-0.25, -0.2) is 8.42 Å². The summed E-state index contributed by atoms with van der Waals surface area (Å²) < 4.78 is 26.1. The van der Waals surface area contributed by atoms with Gasteiger partial charge in [0, 0.05) is 17.6 Å². The molecule has 9 heteroatoms. The van der Waals surface area contributed by atoms with Crippen molar-refractivity contribution in [3.63, 3.8) is 0 Å². The van der Waals surface area contributed by atoms with E-state index in [-0.39, 0.29) is 18.5 Å². The number of nitrogens with one attached hydrogen (secondary N) is 1. The monoisotopic (exact) mass is 493 g/mol. The third-order valence-corrected chi connectivity index (χ3v) is 6.77. The number of hydrogen-bond donors (Lipinski definition) is 1. The van der Waals surface area contributed by atoms with E-state index in [1.54, 1.807) is 54.6 Å². The molecule has 1 N–H and O–H groups in total. The fourth-order valence-corrected chi connectivity index (χ4v) is 4.33. The van der Waals surface area contributed by atoms with Gasteiger partial charge in [0.15, 0.2) is 0 Å². The van der Waals surface area contributed by atoms with Gasteiger partial charge >= 0.3 is 0 Å². The molecule has 0 unspecified atom stereocenters. The molecule has 0 fully saturated rings. The van der Waals surface area contributed by atoms with Crippen LogP contribution in [0.1, 0.15) is 39.2 Å². The van der Waals surface area contributed by atoms with Crippen molar-refractivity contribution < 1.29 is 18.0 Å². The SMILES string of the molecule is CC[C@H](C)NC(=O)[C@H](CC)N(Cc1ccc(Cl)cc1)C(=O)CN(c1ccccc1)S(C)(=O)=O. The second-order valence-electron chi connectivity index (χ2n) is 8.00. The van der Waals surface area contributed by atoms with Gasteiger partial charge in [0.25, 0.3) is 0 Å². The van der Waals surface area contributed by atoms with Crippen LogP contribution in [0.2, 0.25) is 5.02 Å². The van der Waals surface area contributed by atoms with Crippen molar-refractivity contribution in [1.29, 1.82) is 0 Å². The summed E-state index contributed by atoms with van der Waals surface area (Å²) >= 11 is 5.99. The van der Waals surface area contributed by atoms with Crippen molar-refractivity contribution in [2.45, 2.75) is 52.2 Å². The molecule has 180 valence electrons. The van der Waals surface area contributed by atoms with Crippen molar-refractivity contribution in [1.82, 2.24) is 10.2 Å². The zero-order valence-electron chi connectivity index (χ0n) is 19.5. The number of benzene rings is 2. The molecule has 0 aliphatic carbocycles. The number of anilines is 1. The topological polar surface area (TPSA) is 86.8 Å². The summed E-state index contributed by atoms with van der Waals surface area (Å²) in [6.07, 6.45) is 2.19. The highest BCUT2D eigenvalue weighted by molar-refractivity contribution is 7.92. The second-order valence-corrected chi connectivity index (χ2v) is 10.3. The van der Waals surface area contributed by atoms with Crippen LogP contribution in [0.4, 0.5) is 5.69 Å². The predicted molar refractivity (Wildman–Crippen MR) is 133 cm³/mol. The van der Waals surface area contributed by atoms with Crippen LogP contribution in [0, 0.1) is 0 Å². The van der Waals surface area contributed by atoms with E-state index in [1.807, 2.05) is 20.8 Å². The molecular weight excluding hydrogens is 462 g/mol. The molecule has 0 heterocycles. The molecule has 2 aromatic rings. The molecule has 7 nitrogen and oxygen atoms in total. The highest BCUT2D eigenvalue weighted by Crippen LogP contribution is 2.20. The highest BCUT2D eigenvalue weighted by atomic mass is 35.5. The van der Waals surface area contributed by atoms with Crippen LogP contribution in [0.25, 0.3) is 0 Å². The maximum Gasteiger partial charge on any atom is 0.244 e. The minimum Gasteiger partial charge on any atom is -0.352 e. The van der Waals surface area contributed by atoms with Crippen molar-refractivity contribution in [3.8, 4) is 0 Å². The van der Waals surface area contributed by atoms with E-state index < -0.39 is 28.5 Å². The Morgan fingerprint density at radius 1 is 1.00 bits per heavy atom. The van der Waals surface area contributed by atoms with Gasteiger partial charge in [-0.1, -0.05) is 55.8 Å². The lowest BCUT2D eigenvalue weighted by molar-refractivity contribution is -0.140. The Hall–Kier alpha value is -2.58. The summed E-state index contributed by atoms with van der Waals surface area (Å²) in [7, 11) is -3.73. The van der Waals surface area contributed by atoms with Crippen LogP contribution < -0.4 is 9.62 Å². The molecule has 2 rings (SSSR count). The molecule has 33 heavy (non-hydrogen) atoms. The molecule has 0 aromatic heterocycles. The van der Waals surface area contributed by atoms with Crippen LogP contribution in [0.3, 0.4) is 0 Å². The van der Waals surface area contributed by atoms with Crippen molar-refractivity contribution in [2.75, 3.05) is 17.1 Å². The molecule has 0 radical (unpaired) electrons. The fraction of sp³-hybridized carbons (Fsp3) is 0.417. The normalized spacial score (nSPS) is 13.1. The minimum absolute atomic E-state index is 0.0455. The number of carbonyl (C=O) groups excluding carboxylic acids is 2. The summed E-state index contributed by atoms with van der Waals surface area (Å²) in [5.41, 5.74) is 1.17. The van der Waals surface area contributed by atoms with Crippen molar-refractivity contribution in [2.24, 2.45) is 0 Å². The van der Waals surface area contributed by atoms with Crippen LogP contribution in [0.5, 0.6) is 0 Å². The number of nitrogens with zero attached hydrogens (tertiary/aromatic N) is 2. The van der Waals surface area contributed by atoms with E-state index >= 15 is 0 Å². The minimum atomic E-state index is -3.73. The smallest absolute Gasteiger partial charge is 0.244 e. The highest BCUT2D eigenvalue weighted by Gasteiger charge is 2.32. The Morgan fingerprint density at radius 2 is 1.61 bits per heavy atom. The summed E-state index contributed by atoms with van der Waals surface area (Å²) in [6.45, 7) is 5.43. The molecular formula is C24H32ClN3O4S. The third kappa shape index (κ3) is 7.75. The lowest BCUT2D eigenvalue weighted by Crippen LogP contribution is -2.53. The van der Waals surface area contributed by atoms with E-state index in [1.165, 1.54) is 4.90 Å². The van der Waals surface area contributed by atoms with Crippen LogP contribution >= 0.6 is 11.6 Å². The fourth-order valence-electron chi connectivity index (χ4n) is 3.36. The Morgan fingerprint density at radius 3 is 2.12 bits per heavy atom. The van der Waals surface area contributed by atoms with Gasteiger partial charge in [-0.2, -0.15) is 0 Å². The van der Waals surface area contributed by atoms with E-state index in [2.05, 4.69) is 5.32 Å². The van der Waals surface area contributed by atoms with Gasteiger partial charge in [-0.15, -0.1) is 0 Å². The summed E-state index contributed by atoms with van der Waals surface area (Å²) in [4.78, 5) is 28.0. The van der Waals surface area contributed by atoms with Crippen LogP contribution in [-0.4, -0.2) is 50.0 Å². The van der Waals surface area contributed by atoms with E-state index in [0.29, 0.717) is 17.1 Å². The number of rotatable bonds is 11. The number of sulfonamides is 1. The maximum atomic E-state index is 13.5. The van der Waals surface area contributed by atoms with Crippen molar-refractivity contribution in [3.05, 3.63) is 65.2 Å². The maximum absolute atomic E-state index is 13.5. The zero-order valence-corrected chi connectivity index (χ0v) is 21.1. The van der Waals surface area contributed by atoms with Gasteiger partial charge in [-0.3, -0.25) is 13.9 Å². The van der Waals surface area contributed by atoms with Gasteiger partial charge in [-0.05, 0) is 49.6 Å². The number of halogens is 1. The third-order valence-electron chi connectivity index (χ3n) is 5.38. The molecule has 0 saturated carbocycles. The van der Waals surface area contributed by atoms with Crippen LogP contribution in [-0.2, 0) is 26.2 Å². The first-order valence-electron chi connectivity index (χ1n) is 10.9. The summed E-state index contributed by atoms with van der Waals surface area (Å²) in [5, 5.41) is 3.50. The van der Waals surface area contributed by atoms with E-state index in [4.69, 9.17) is 11.6 Å². The molecule has 2 amide bonds. The molecule has 0 aliphatic rings. The van der Waals surface area contributed by atoms with E-state index in [0.717, 1.165) is 22.5 Å². The first-order chi connectivity index (χ1) is 15.6. The molecule has 0 bridgehead atoms. The van der Waals surface area contributed by atoms with Gasteiger partial charge < -0.3 is 10.2 Å². The largest absolute Gasteiger partial charge is 0.352 e. The molecule has 0 saturated heterocycles. The van der Waals surface area contributed by atoms with Crippen LogP contribution in [0.15, 0.2) is 54.6 Å². The molecule has 0 spiro atoms. The molecule has 2 atom stereocenters. The molecule has 0 aliphatic heterocycles. The average Bonchev–Trinajstić information content (AvgIpc) is 2.78. The first-order valence-corrected chi connectivity index (χ1v) is 13.2. The number of para-hydroxylation sites is 1. The lowest BCUT2D eigenvalue weighted by atomic mass is 10.1. The van der Waals surface area contributed by atoms with Gasteiger partial charge in [0.05, 0.1) is 11.9 Å². The standard InChI is InChI=1S/C24H32ClN3O4S/c1-5-18(3)26-24(30)22(6-2)27(16-19-12-14-20(25)15-13-19)23(29)17-28(33(4,31)32)21-10-8-7-9-11-21/h7-15,18,22H,5-6,16-17H2,1-4H3,(H,26,30)/t18-,22-/m0/s1. The predicted octanol–water partition coefficient (Wildman–Crippen LogP) is 3.83.